The first kappa shape index (κ1) is 18.6. The highest BCUT2D eigenvalue weighted by molar-refractivity contribution is 5.85. The molecule has 0 saturated carbocycles. The van der Waals surface area contributed by atoms with Gasteiger partial charge in [0.15, 0.2) is 0 Å². The minimum absolute atomic E-state index is 0.898. The zero-order valence-electron chi connectivity index (χ0n) is 12.9. The van der Waals surface area contributed by atoms with Crippen molar-refractivity contribution in [1.29, 1.82) is 0 Å². The van der Waals surface area contributed by atoms with Crippen molar-refractivity contribution < 1.29 is 19.8 Å². The van der Waals surface area contributed by atoms with E-state index in [0.29, 0.717) is 0 Å². The fraction of sp³-hybridized carbons (Fsp3) is 0. The summed E-state index contributed by atoms with van der Waals surface area (Å²) in [5, 5.41) is 16.6. The van der Waals surface area contributed by atoms with E-state index in [-0.39, 0.29) is 0 Å². The van der Waals surface area contributed by atoms with Crippen molar-refractivity contribution in [3.63, 3.8) is 0 Å². The topological polar surface area (TPSA) is 74.6 Å². The molecule has 0 aliphatic carbocycles. The maximum Gasteiger partial charge on any atom is 0.328 e. The quantitative estimate of drug-likeness (QED) is 0.641. The Morgan fingerprint density at radius 3 is 1.54 bits per heavy atom. The molecule has 0 heterocycles. The van der Waals surface area contributed by atoms with Crippen LogP contribution in [0.1, 0.15) is 11.1 Å². The molecule has 0 radical (unpaired) electrons. The molecule has 4 heteroatoms. The van der Waals surface area contributed by atoms with Gasteiger partial charge in [-0.25, -0.2) is 9.59 Å². The van der Waals surface area contributed by atoms with Crippen LogP contribution in [0.15, 0.2) is 85.0 Å². The summed E-state index contributed by atoms with van der Waals surface area (Å²) in [5.41, 5.74) is 1.95. The SMILES string of the molecule is O=C(O)/C=C/c1ccccc1.O=C(O)/C=C\C=C\c1ccccc1. The van der Waals surface area contributed by atoms with E-state index in [1.54, 1.807) is 12.2 Å². The number of hydrogen-bond donors (Lipinski definition) is 2. The molecule has 0 aromatic heterocycles. The predicted molar refractivity (Wildman–Crippen MR) is 95.4 cm³/mol. The Labute approximate surface area is 140 Å². The normalized spacial score (nSPS) is 10.7. The van der Waals surface area contributed by atoms with Crippen molar-refractivity contribution >= 4 is 24.1 Å². The molecule has 0 aliphatic rings. The summed E-state index contributed by atoms with van der Waals surface area (Å²) in [4.78, 5) is 20.2. The summed E-state index contributed by atoms with van der Waals surface area (Å²) in [5.74, 6) is -1.86. The van der Waals surface area contributed by atoms with Gasteiger partial charge in [-0.1, -0.05) is 78.9 Å². The van der Waals surface area contributed by atoms with Crippen molar-refractivity contribution in [3.05, 3.63) is 96.1 Å². The Balaban J connectivity index is 0.000000243. The standard InChI is InChI=1S/C11H10O2.C9H8O2/c12-11(13)9-5-4-8-10-6-2-1-3-7-10;10-9(11)7-6-8-4-2-1-3-5-8/h1-9H,(H,12,13);1-7H,(H,10,11)/b8-4+,9-5-;7-6+. The van der Waals surface area contributed by atoms with Gasteiger partial charge in [-0.2, -0.15) is 0 Å². The van der Waals surface area contributed by atoms with E-state index >= 15 is 0 Å². The van der Waals surface area contributed by atoms with E-state index in [2.05, 4.69) is 0 Å². The van der Waals surface area contributed by atoms with Crippen molar-refractivity contribution in [3.8, 4) is 0 Å². The first-order chi connectivity index (χ1) is 11.6. The molecule has 2 rings (SSSR count). The second-order valence-electron chi connectivity index (χ2n) is 4.55. The first-order valence-corrected chi connectivity index (χ1v) is 7.16. The van der Waals surface area contributed by atoms with E-state index < -0.39 is 11.9 Å². The molecule has 0 amide bonds. The van der Waals surface area contributed by atoms with Gasteiger partial charge in [0.1, 0.15) is 0 Å². The van der Waals surface area contributed by atoms with Crippen LogP contribution in [0.2, 0.25) is 0 Å². The van der Waals surface area contributed by atoms with Gasteiger partial charge in [-0.05, 0) is 17.2 Å². The number of benzene rings is 2. The first-order valence-electron chi connectivity index (χ1n) is 7.16. The van der Waals surface area contributed by atoms with Crippen molar-refractivity contribution in [2.24, 2.45) is 0 Å². The number of rotatable bonds is 5. The average molecular weight is 322 g/mol. The Kier molecular flexibility index (Phi) is 8.71. The van der Waals surface area contributed by atoms with Crippen molar-refractivity contribution in [1.82, 2.24) is 0 Å². The Bertz CT molecular complexity index is 714. The fourth-order valence-corrected chi connectivity index (χ4v) is 1.60. The zero-order valence-corrected chi connectivity index (χ0v) is 12.9. The van der Waals surface area contributed by atoms with Crippen LogP contribution < -0.4 is 0 Å². The minimum Gasteiger partial charge on any atom is -0.478 e. The van der Waals surface area contributed by atoms with Gasteiger partial charge in [0.2, 0.25) is 0 Å². The van der Waals surface area contributed by atoms with Gasteiger partial charge in [-0.3, -0.25) is 0 Å². The lowest BCUT2D eigenvalue weighted by atomic mass is 10.2. The molecule has 0 spiro atoms. The summed E-state index contributed by atoms with van der Waals surface area (Å²) in [7, 11) is 0. The maximum atomic E-state index is 10.1. The van der Waals surface area contributed by atoms with Gasteiger partial charge in [-0.15, -0.1) is 0 Å². The number of carboxylic acids is 2. The number of hydrogen-bond acceptors (Lipinski definition) is 2. The Hall–Kier alpha value is -3.40. The molecular weight excluding hydrogens is 304 g/mol. The molecule has 24 heavy (non-hydrogen) atoms. The lowest BCUT2D eigenvalue weighted by Crippen LogP contribution is -1.85. The molecule has 0 atom stereocenters. The lowest BCUT2D eigenvalue weighted by Gasteiger charge is -1.87. The molecule has 0 saturated heterocycles. The third-order valence-corrected chi connectivity index (χ3v) is 2.66. The number of carbonyl (C=O) groups is 2. The monoisotopic (exact) mass is 322 g/mol. The van der Waals surface area contributed by atoms with Crippen LogP contribution in [0.3, 0.4) is 0 Å². The second-order valence-corrected chi connectivity index (χ2v) is 4.55. The summed E-state index contributed by atoms with van der Waals surface area (Å²) in [6.45, 7) is 0. The van der Waals surface area contributed by atoms with E-state index in [1.165, 1.54) is 6.08 Å². The van der Waals surface area contributed by atoms with E-state index in [4.69, 9.17) is 10.2 Å². The zero-order chi connectivity index (χ0) is 17.6. The largest absolute Gasteiger partial charge is 0.478 e. The Morgan fingerprint density at radius 2 is 1.08 bits per heavy atom. The third-order valence-electron chi connectivity index (χ3n) is 2.66. The molecule has 4 nitrogen and oxygen atoms in total. The molecule has 0 aliphatic heterocycles. The smallest absolute Gasteiger partial charge is 0.328 e. The number of aliphatic carboxylic acids is 2. The highest BCUT2D eigenvalue weighted by Gasteiger charge is 1.86. The molecule has 0 bridgehead atoms. The molecule has 0 unspecified atom stereocenters. The Morgan fingerprint density at radius 1 is 0.625 bits per heavy atom. The molecule has 2 aromatic carbocycles. The van der Waals surface area contributed by atoms with Crippen molar-refractivity contribution in [2.75, 3.05) is 0 Å². The van der Waals surface area contributed by atoms with Gasteiger partial charge >= 0.3 is 11.9 Å². The van der Waals surface area contributed by atoms with Crippen LogP contribution >= 0.6 is 0 Å². The molecule has 2 N–H and O–H groups in total. The minimum atomic E-state index is -0.933. The average Bonchev–Trinajstić information content (AvgIpc) is 2.59. The third kappa shape index (κ3) is 9.52. The number of carboxylic acid groups (broad SMARTS) is 2. The van der Waals surface area contributed by atoms with E-state index in [9.17, 15) is 9.59 Å². The van der Waals surface area contributed by atoms with Gasteiger partial charge in [0.25, 0.3) is 0 Å². The van der Waals surface area contributed by atoms with E-state index in [0.717, 1.165) is 23.3 Å². The predicted octanol–water partition coefficient (Wildman–Crippen LogP) is 4.13. The van der Waals surface area contributed by atoms with Crippen LogP contribution in [-0.2, 0) is 9.59 Å². The molecule has 2 aromatic rings. The summed E-state index contributed by atoms with van der Waals surface area (Å²) < 4.78 is 0. The van der Waals surface area contributed by atoms with Crippen LogP contribution in [0.4, 0.5) is 0 Å². The summed E-state index contributed by atoms with van der Waals surface area (Å²) >= 11 is 0. The molecule has 122 valence electrons. The number of allylic oxidation sites excluding steroid dienone is 2. The van der Waals surface area contributed by atoms with E-state index in [1.807, 2.05) is 66.7 Å². The highest BCUT2D eigenvalue weighted by Crippen LogP contribution is 2.01. The molecular formula is C20H18O4. The highest BCUT2D eigenvalue weighted by atomic mass is 16.4. The van der Waals surface area contributed by atoms with Crippen LogP contribution in [0.25, 0.3) is 12.2 Å². The molecule has 0 fully saturated rings. The van der Waals surface area contributed by atoms with Crippen LogP contribution in [0.5, 0.6) is 0 Å². The van der Waals surface area contributed by atoms with Crippen LogP contribution in [0, 0.1) is 0 Å². The fourth-order valence-electron chi connectivity index (χ4n) is 1.60. The van der Waals surface area contributed by atoms with Crippen molar-refractivity contribution in [2.45, 2.75) is 0 Å². The van der Waals surface area contributed by atoms with Gasteiger partial charge in [0.05, 0.1) is 0 Å². The maximum absolute atomic E-state index is 10.1. The lowest BCUT2D eigenvalue weighted by molar-refractivity contribution is -0.132. The van der Waals surface area contributed by atoms with Crippen LogP contribution in [-0.4, -0.2) is 22.2 Å². The summed E-state index contributed by atoms with van der Waals surface area (Å²) in [6.07, 6.45) is 8.81. The summed E-state index contributed by atoms with van der Waals surface area (Å²) in [6, 6.07) is 19.0. The van der Waals surface area contributed by atoms with Gasteiger partial charge < -0.3 is 10.2 Å². The van der Waals surface area contributed by atoms with Gasteiger partial charge in [0, 0.05) is 12.2 Å². The second kappa shape index (κ2) is 11.2.